The molecule has 3 nitrogen and oxygen atoms in total. The average Bonchev–Trinajstić information content (AvgIpc) is 2.15. The summed E-state index contributed by atoms with van der Waals surface area (Å²) in [5, 5.41) is 0. The van der Waals surface area contributed by atoms with Gasteiger partial charge in [0.1, 0.15) is 0 Å². The second kappa shape index (κ2) is 3.80. The lowest BCUT2D eigenvalue weighted by Gasteiger charge is -2.30. The minimum Gasteiger partial charge on any atom is -0.368 e. The van der Waals surface area contributed by atoms with E-state index in [1.165, 1.54) is 0 Å². The normalized spacial score (nSPS) is 12.1. The molecule has 0 amide bonds. The molecule has 0 heterocycles. The molecular weight excluding hydrogens is 190 g/mol. The molecular formula is C12H19NO2. The maximum Gasteiger partial charge on any atom is 0.249 e. The minimum atomic E-state index is -0.316. The van der Waals surface area contributed by atoms with Gasteiger partial charge >= 0.3 is 0 Å². The van der Waals surface area contributed by atoms with Crippen molar-refractivity contribution in [3.8, 4) is 0 Å². The van der Waals surface area contributed by atoms with E-state index >= 15 is 0 Å². The van der Waals surface area contributed by atoms with Crippen LogP contribution in [0.25, 0.3) is 0 Å². The van der Waals surface area contributed by atoms with Crippen molar-refractivity contribution >= 4 is 5.69 Å². The van der Waals surface area contributed by atoms with E-state index in [2.05, 4.69) is 0 Å². The molecule has 84 valence electrons. The first kappa shape index (κ1) is 12.0. The molecule has 0 saturated carbocycles. The lowest BCUT2D eigenvalue weighted by molar-refractivity contribution is 0.574. The van der Waals surface area contributed by atoms with Crippen LogP contribution in [0.5, 0.6) is 0 Å². The Bertz CT molecular complexity index is 415. The van der Waals surface area contributed by atoms with Crippen LogP contribution in [-0.2, 0) is 5.41 Å². The number of hydrogen-bond donors (Lipinski definition) is 0. The Hall–Kier alpha value is -1.12. The molecule has 1 rings (SSSR count). The van der Waals surface area contributed by atoms with Gasteiger partial charge in [-0.1, -0.05) is 20.8 Å². The molecule has 15 heavy (non-hydrogen) atoms. The summed E-state index contributed by atoms with van der Waals surface area (Å²) in [5.41, 5.74) is 0.477. The molecule has 0 saturated heterocycles. The molecule has 0 aliphatic heterocycles. The van der Waals surface area contributed by atoms with Crippen LogP contribution in [0.3, 0.4) is 0 Å². The molecule has 0 aliphatic carbocycles. The highest BCUT2D eigenvalue weighted by Crippen LogP contribution is 2.27. The van der Waals surface area contributed by atoms with Gasteiger partial charge in [0, 0.05) is 18.7 Å². The van der Waals surface area contributed by atoms with Gasteiger partial charge in [0.2, 0.25) is 10.9 Å². The van der Waals surface area contributed by atoms with E-state index in [1.54, 1.807) is 0 Å². The van der Waals surface area contributed by atoms with Gasteiger partial charge in [-0.2, -0.15) is 0 Å². The van der Waals surface area contributed by atoms with Crippen LogP contribution in [0.15, 0.2) is 9.59 Å². The molecule has 0 atom stereocenters. The Balaban J connectivity index is 3.27. The van der Waals surface area contributed by atoms with Crippen molar-refractivity contribution in [2.45, 2.75) is 40.0 Å². The zero-order valence-corrected chi connectivity index (χ0v) is 10.2. The lowest BCUT2D eigenvalue weighted by Crippen LogP contribution is -2.47. The van der Waals surface area contributed by atoms with Gasteiger partial charge in [0.25, 0.3) is 0 Å². The molecule has 0 unspecified atom stereocenters. The van der Waals surface area contributed by atoms with Gasteiger partial charge in [0.05, 0.1) is 5.69 Å². The van der Waals surface area contributed by atoms with Crippen molar-refractivity contribution in [2.24, 2.45) is 0 Å². The fraction of sp³-hybridized carbons (Fsp3) is 0.667. The minimum absolute atomic E-state index is 0.233. The molecule has 0 aromatic heterocycles. The number of hydrogen-bond acceptors (Lipinski definition) is 3. The topological polar surface area (TPSA) is 37.4 Å². The summed E-state index contributed by atoms with van der Waals surface area (Å²) in [5.74, 6) is 0. The molecule has 0 radical (unpaired) electrons. The van der Waals surface area contributed by atoms with Crippen LogP contribution in [0.2, 0.25) is 0 Å². The summed E-state index contributed by atoms with van der Waals surface area (Å²) in [6.45, 7) is 11.4. The standard InChI is InChI=1S/C12H19NO2/c1-6-13(7-2)9-8(12(3,4)5)10(14)11(9)15/h6-7H2,1-5H3. The molecule has 0 spiro atoms. The molecule has 0 N–H and O–H groups in total. The summed E-state index contributed by atoms with van der Waals surface area (Å²) >= 11 is 0. The van der Waals surface area contributed by atoms with E-state index in [1.807, 2.05) is 39.5 Å². The van der Waals surface area contributed by atoms with Crippen molar-refractivity contribution in [3.05, 3.63) is 26.0 Å². The Morgan fingerprint density at radius 1 is 1.00 bits per heavy atom. The zero-order chi connectivity index (χ0) is 11.8. The van der Waals surface area contributed by atoms with Crippen molar-refractivity contribution in [3.63, 3.8) is 0 Å². The van der Waals surface area contributed by atoms with E-state index in [9.17, 15) is 9.59 Å². The van der Waals surface area contributed by atoms with Crippen LogP contribution in [0.4, 0.5) is 5.69 Å². The summed E-state index contributed by atoms with van der Waals surface area (Å²) in [4.78, 5) is 25.0. The van der Waals surface area contributed by atoms with Gasteiger partial charge in [-0.25, -0.2) is 0 Å². The molecule has 1 aromatic rings. The highest BCUT2D eigenvalue weighted by Gasteiger charge is 2.32. The average molecular weight is 209 g/mol. The van der Waals surface area contributed by atoms with E-state index in [0.717, 1.165) is 13.1 Å². The monoisotopic (exact) mass is 209 g/mol. The van der Waals surface area contributed by atoms with Crippen molar-refractivity contribution < 1.29 is 0 Å². The molecule has 0 fully saturated rings. The highest BCUT2D eigenvalue weighted by atomic mass is 16.2. The summed E-state index contributed by atoms with van der Waals surface area (Å²) < 4.78 is 0. The van der Waals surface area contributed by atoms with E-state index < -0.39 is 0 Å². The van der Waals surface area contributed by atoms with E-state index in [-0.39, 0.29) is 16.3 Å². The molecule has 3 heteroatoms. The first-order valence-electron chi connectivity index (χ1n) is 5.43. The quantitative estimate of drug-likeness (QED) is 0.707. The van der Waals surface area contributed by atoms with Gasteiger partial charge in [-0.05, 0) is 19.3 Å². The van der Waals surface area contributed by atoms with Crippen molar-refractivity contribution in [1.82, 2.24) is 0 Å². The smallest absolute Gasteiger partial charge is 0.249 e. The van der Waals surface area contributed by atoms with Gasteiger partial charge in [-0.3, -0.25) is 9.59 Å². The SMILES string of the molecule is CCN(CC)c1c(C(C)(C)C)c(=O)c1=O. The van der Waals surface area contributed by atoms with Crippen LogP contribution < -0.4 is 15.8 Å². The molecule has 0 aliphatic rings. The van der Waals surface area contributed by atoms with Crippen LogP contribution in [0.1, 0.15) is 40.2 Å². The zero-order valence-electron chi connectivity index (χ0n) is 10.2. The van der Waals surface area contributed by atoms with Crippen LogP contribution in [0, 0.1) is 0 Å². The van der Waals surface area contributed by atoms with Crippen LogP contribution in [-0.4, -0.2) is 13.1 Å². The van der Waals surface area contributed by atoms with Crippen LogP contribution >= 0.6 is 0 Å². The maximum atomic E-state index is 11.5. The highest BCUT2D eigenvalue weighted by molar-refractivity contribution is 5.61. The number of rotatable bonds is 3. The largest absolute Gasteiger partial charge is 0.368 e. The molecule has 0 bridgehead atoms. The predicted octanol–water partition coefficient (Wildman–Crippen LogP) is 1.43. The first-order valence-corrected chi connectivity index (χ1v) is 5.43. The van der Waals surface area contributed by atoms with E-state index in [4.69, 9.17) is 0 Å². The van der Waals surface area contributed by atoms with Crippen molar-refractivity contribution in [1.29, 1.82) is 0 Å². The van der Waals surface area contributed by atoms with Crippen molar-refractivity contribution in [2.75, 3.05) is 18.0 Å². The fourth-order valence-corrected chi connectivity index (χ4v) is 1.92. The Kier molecular flexibility index (Phi) is 3.03. The van der Waals surface area contributed by atoms with E-state index in [0.29, 0.717) is 11.3 Å². The number of anilines is 1. The number of nitrogens with zero attached hydrogens (tertiary/aromatic N) is 1. The Morgan fingerprint density at radius 3 is 1.80 bits per heavy atom. The Labute approximate surface area is 90.4 Å². The third kappa shape index (κ3) is 1.83. The molecule has 1 aromatic carbocycles. The third-order valence-corrected chi connectivity index (χ3v) is 2.71. The van der Waals surface area contributed by atoms with Gasteiger partial charge in [-0.15, -0.1) is 0 Å². The summed E-state index contributed by atoms with van der Waals surface area (Å²) in [6, 6.07) is 0. The first-order chi connectivity index (χ1) is 6.84. The summed E-state index contributed by atoms with van der Waals surface area (Å²) in [7, 11) is 0. The summed E-state index contributed by atoms with van der Waals surface area (Å²) in [6.07, 6.45) is 0. The Morgan fingerprint density at radius 2 is 1.47 bits per heavy atom. The van der Waals surface area contributed by atoms with Gasteiger partial charge in [0.15, 0.2) is 0 Å². The fourth-order valence-electron chi connectivity index (χ4n) is 1.92. The second-order valence-electron chi connectivity index (χ2n) is 4.80. The predicted molar refractivity (Wildman–Crippen MR) is 63.6 cm³/mol. The third-order valence-electron chi connectivity index (χ3n) is 2.71. The lowest BCUT2D eigenvalue weighted by atomic mass is 9.82. The maximum absolute atomic E-state index is 11.5. The second-order valence-corrected chi connectivity index (χ2v) is 4.80. The van der Waals surface area contributed by atoms with Gasteiger partial charge < -0.3 is 4.90 Å².